The van der Waals surface area contributed by atoms with Gasteiger partial charge in [-0.3, -0.25) is 4.79 Å². The predicted molar refractivity (Wildman–Crippen MR) is 91.2 cm³/mol. The fraction of sp³-hybridized carbons (Fsp3) is 0.562. The Morgan fingerprint density at radius 3 is 2.83 bits per heavy atom. The van der Waals surface area contributed by atoms with Crippen molar-refractivity contribution in [1.82, 2.24) is 19.7 Å². The monoisotopic (exact) mass is 359 g/mol. The summed E-state index contributed by atoms with van der Waals surface area (Å²) in [5, 5.41) is 21.3. The number of hydrogen-bond donors (Lipinski definition) is 0. The van der Waals surface area contributed by atoms with E-state index < -0.39 is 5.92 Å². The van der Waals surface area contributed by atoms with Gasteiger partial charge in [0, 0.05) is 23.0 Å². The van der Waals surface area contributed by atoms with Crippen molar-refractivity contribution >= 4 is 28.9 Å². The van der Waals surface area contributed by atoms with E-state index in [1.807, 2.05) is 12.3 Å². The summed E-state index contributed by atoms with van der Waals surface area (Å²) in [6.07, 6.45) is 4.71. The summed E-state index contributed by atoms with van der Waals surface area (Å²) in [5.74, 6) is 0.964. The maximum Gasteiger partial charge on any atom is 0.191 e. The van der Waals surface area contributed by atoms with Gasteiger partial charge in [-0.05, 0) is 32.6 Å². The molecule has 0 radical (unpaired) electrons. The van der Waals surface area contributed by atoms with Crippen molar-refractivity contribution in [3.63, 3.8) is 0 Å². The molecule has 2 aromatic heterocycles. The van der Waals surface area contributed by atoms with Crippen molar-refractivity contribution in [3.8, 4) is 6.07 Å². The largest absolute Gasteiger partial charge is 0.303 e. The van der Waals surface area contributed by atoms with Crippen LogP contribution in [0.15, 0.2) is 10.5 Å². The molecule has 0 aromatic carbocycles. The molecule has 2 aromatic rings. The molecule has 124 valence electrons. The highest BCUT2D eigenvalue weighted by atomic mass is 32.2. The second kappa shape index (κ2) is 6.30. The van der Waals surface area contributed by atoms with E-state index in [0.717, 1.165) is 16.7 Å². The second-order valence-electron chi connectivity index (χ2n) is 6.36. The fourth-order valence-electron chi connectivity index (χ4n) is 2.67. The molecule has 2 fully saturated rings. The summed E-state index contributed by atoms with van der Waals surface area (Å²) in [6, 6.07) is 2.59. The molecule has 2 heterocycles. The topological polar surface area (TPSA) is 84.5 Å². The van der Waals surface area contributed by atoms with Crippen LogP contribution in [0.1, 0.15) is 60.1 Å². The maximum atomic E-state index is 12.5. The summed E-state index contributed by atoms with van der Waals surface area (Å²) in [5.41, 5.74) is 0.846. The van der Waals surface area contributed by atoms with Gasteiger partial charge in [-0.15, -0.1) is 21.5 Å². The number of thioether (sulfide) groups is 1. The predicted octanol–water partition coefficient (Wildman–Crippen LogP) is 3.22. The Kier molecular flexibility index (Phi) is 4.14. The number of hydrogen-bond acceptors (Lipinski definition) is 7. The SMILES string of the molecule is Cc1csc([C@@H](C#N)C(=O)CSc2nnc(C3CC3)n2C2CC2)n1. The Bertz CT molecular complexity index is 813. The van der Waals surface area contributed by atoms with Crippen LogP contribution in [0.5, 0.6) is 0 Å². The number of carbonyl (C=O) groups excluding carboxylic acids is 1. The molecule has 0 saturated heterocycles. The van der Waals surface area contributed by atoms with Crippen molar-refractivity contribution in [2.75, 3.05) is 5.75 Å². The first kappa shape index (κ1) is 15.8. The highest BCUT2D eigenvalue weighted by Crippen LogP contribution is 2.46. The van der Waals surface area contributed by atoms with Crippen LogP contribution in [0, 0.1) is 18.3 Å². The van der Waals surface area contributed by atoms with Gasteiger partial charge in [0.2, 0.25) is 0 Å². The number of rotatable bonds is 7. The number of carbonyl (C=O) groups is 1. The van der Waals surface area contributed by atoms with Crippen LogP contribution in [0.3, 0.4) is 0 Å². The van der Waals surface area contributed by atoms with Crippen molar-refractivity contribution < 1.29 is 4.79 Å². The molecule has 24 heavy (non-hydrogen) atoms. The van der Waals surface area contributed by atoms with Crippen LogP contribution in [0.25, 0.3) is 0 Å². The standard InChI is InChI=1S/C16H17N5OS2/c1-9-7-23-15(18-9)12(6-17)13(22)8-24-16-20-19-14(10-2-3-10)21(16)11-4-5-11/h7,10-12H,2-5,8H2,1H3/t12-/m0/s1. The average Bonchev–Trinajstić information content (AvgIpc) is 3.50. The second-order valence-corrected chi connectivity index (χ2v) is 8.19. The zero-order valence-corrected chi connectivity index (χ0v) is 14.9. The van der Waals surface area contributed by atoms with E-state index in [4.69, 9.17) is 0 Å². The molecule has 8 heteroatoms. The zero-order valence-electron chi connectivity index (χ0n) is 13.3. The van der Waals surface area contributed by atoms with Crippen LogP contribution in [-0.4, -0.2) is 31.3 Å². The number of ketones is 1. The number of thiazole rings is 1. The van der Waals surface area contributed by atoms with Crippen LogP contribution in [-0.2, 0) is 4.79 Å². The first-order valence-corrected chi connectivity index (χ1v) is 9.96. The lowest BCUT2D eigenvalue weighted by molar-refractivity contribution is -0.116. The molecule has 0 aliphatic heterocycles. The Morgan fingerprint density at radius 1 is 1.46 bits per heavy atom. The Morgan fingerprint density at radius 2 is 2.25 bits per heavy atom. The molecule has 2 aliphatic rings. The molecule has 1 atom stereocenters. The molecule has 4 rings (SSSR count). The summed E-state index contributed by atoms with van der Waals surface area (Å²) < 4.78 is 2.23. The molecule has 0 N–H and O–H groups in total. The molecule has 0 spiro atoms. The van der Waals surface area contributed by atoms with Gasteiger partial charge >= 0.3 is 0 Å². The van der Waals surface area contributed by atoms with Crippen LogP contribution in [0.4, 0.5) is 0 Å². The van der Waals surface area contributed by atoms with E-state index in [1.54, 1.807) is 0 Å². The van der Waals surface area contributed by atoms with Crippen LogP contribution in [0.2, 0.25) is 0 Å². The van der Waals surface area contributed by atoms with Gasteiger partial charge in [0.15, 0.2) is 16.9 Å². The minimum Gasteiger partial charge on any atom is -0.303 e. The summed E-state index contributed by atoms with van der Waals surface area (Å²) in [4.78, 5) is 16.8. The minimum atomic E-state index is -0.781. The zero-order chi connectivity index (χ0) is 16.7. The molecular formula is C16H17N5OS2. The molecule has 2 aliphatic carbocycles. The van der Waals surface area contributed by atoms with E-state index in [-0.39, 0.29) is 11.5 Å². The minimum absolute atomic E-state index is 0.116. The van der Waals surface area contributed by atoms with Gasteiger partial charge in [-0.1, -0.05) is 11.8 Å². The Labute approximate surface area is 148 Å². The van der Waals surface area contributed by atoms with E-state index in [9.17, 15) is 10.1 Å². The number of aromatic nitrogens is 4. The van der Waals surface area contributed by atoms with Gasteiger partial charge in [-0.25, -0.2) is 4.98 Å². The summed E-state index contributed by atoms with van der Waals surface area (Å²) in [6.45, 7) is 1.87. The molecule has 6 nitrogen and oxygen atoms in total. The van der Waals surface area contributed by atoms with Gasteiger partial charge in [0.05, 0.1) is 11.8 Å². The van der Waals surface area contributed by atoms with Gasteiger partial charge < -0.3 is 4.57 Å². The van der Waals surface area contributed by atoms with Crippen LogP contribution < -0.4 is 0 Å². The summed E-state index contributed by atoms with van der Waals surface area (Å²) in [7, 11) is 0. The van der Waals surface area contributed by atoms with Gasteiger partial charge in [0.1, 0.15) is 10.8 Å². The lowest BCUT2D eigenvalue weighted by atomic mass is 10.1. The molecular weight excluding hydrogens is 342 g/mol. The number of aryl methyl sites for hydroxylation is 1. The smallest absolute Gasteiger partial charge is 0.191 e. The van der Waals surface area contributed by atoms with Gasteiger partial charge in [-0.2, -0.15) is 5.26 Å². The number of nitriles is 1. The lowest BCUT2D eigenvalue weighted by Gasteiger charge is -2.08. The number of Topliss-reactive ketones (excluding diaryl/α,β-unsaturated/α-hetero) is 1. The maximum absolute atomic E-state index is 12.5. The third kappa shape index (κ3) is 3.10. The Balaban J connectivity index is 1.46. The van der Waals surface area contributed by atoms with Crippen molar-refractivity contribution in [1.29, 1.82) is 5.26 Å². The average molecular weight is 359 g/mol. The normalized spacial score (nSPS) is 18.3. The van der Waals surface area contributed by atoms with E-state index in [2.05, 4.69) is 25.8 Å². The van der Waals surface area contributed by atoms with Crippen molar-refractivity contribution in [3.05, 3.63) is 21.9 Å². The first-order chi connectivity index (χ1) is 11.7. The molecule has 0 unspecified atom stereocenters. The van der Waals surface area contributed by atoms with Crippen LogP contribution >= 0.6 is 23.1 Å². The van der Waals surface area contributed by atoms with Crippen molar-refractivity contribution in [2.45, 2.75) is 55.6 Å². The third-order valence-electron chi connectivity index (χ3n) is 4.22. The van der Waals surface area contributed by atoms with Gasteiger partial charge in [0.25, 0.3) is 0 Å². The van der Waals surface area contributed by atoms with E-state index in [0.29, 0.717) is 17.0 Å². The number of nitrogens with zero attached hydrogens (tertiary/aromatic N) is 5. The summed E-state index contributed by atoms with van der Waals surface area (Å²) >= 11 is 2.77. The van der Waals surface area contributed by atoms with E-state index in [1.165, 1.54) is 48.8 Å². The third-order valence-corrected chi connectivity index (χ3v) is 6.22. The van der Waals surface area contributed by atoms with E-state index >= 15 is 0 Å². The highest BCUT2D eigenvalue weighted by Gasteiger charge is 2.36. The first-order valence-electron chi connectivity index (χ1n) is 8.09. The fourth-order valence-corrected chi connectivity index (χ4v) is 4.45. The molecule has 0 amide bonds. The highest BCUT2D eigenvalue weighted by molar-refractivity contribution is 7.99. The van der Waals surface area contributed by atoms with Crippen molar-refractivity contribution in [2.24, 2.45) is 0 Å². The molecule has 0 bridgehead atoms. The Hall–Kier alpha value is -1.72. The molecule has 2 saturated carbocycles. The lowest BCUT2D eigenvalue weighted by Crippen LogP contribution is -2.14. The quantitative estimate of drug-likeness (QED) is 0.706.